The molecule has 1 saturated heterocycles. The highest BCUT2D eigenvalue weighted by atomic mass is 16.5. The van der Waals surface area contributed by atoms with E-state index in [-0.39, 0.29) is 12.1 Å². The van der Waals surface area contributed by atoms with E-state index in [1.165, 1.54) is 18.4 Å². The maximum atomic E-state index is 6.31. The third kappa shape index (κ3) is 3.33. The van der Waals surface area contributed by atoms with Crippen LogP contribution in [0.15, 0.2) is 24.3 Å². The Balaban J connectivity index is 2.26. The molecule has 112 valence electrons. The average Bonchev–Trinajstić information content (AvgIpc) is 2.41. The maximum Gasteiger partial charge on any atom is 0.119 e. The van der Waals surface area contributed by atoms with E-state index in [1.54, 1.807) is 7.11 Å². The van der Waals surface area contributed by atoms with Gasteiger partial charge in [0.2, 0.25) is 0 Å². The molecular formula is C17H28N2O. The van der Waals surface area contributed by atoms with Gasteiger partial charge in [0.15, 0.2) is 0 Å². The number of likely N-dealkylation sites (tertiary alicyclic amines) is 1. The van der Waals surface area contributed by atoms with Crippen LogP contribution in [0.3, 0.4) is 0 Å². The molecule has 1 aromatic rings. The largest absolute Gasteiger partial charge is 0.497 e. The van der Waals surface area contributed by atoms with Crippen molar-refractivity contribution in [1.82, 2.24) is 4.90 Å². The van der Waals surface area contributed by atoms with Crippen LogP contribution in [-0.2, 0) is 0 Å². The van der Waals surface area contributed by atoms with Crippen molar-refractivity contribution in [3.63, 3.8) is 0 Å². The summed E-state index contributed by atoms with van der Waals surface area (Å²) in [4.78, 5) is 2.57. The number of hydrogen-bond acceptors (Lipinski definition) is 3. The number of methoxy groups -OCH3 is 1. The topological polar surface area (TPSA) is 38.5 Å². The summed E-state index contributed by atoms with van der Waals surface area (Å²) in [6.45, 7) is 7.91. The number of benzene rings is 1. The fraction of sp³-hybridized carbons (Fsp3) is 0.647. The summed E-state index contributed by atoms with van der Waals surface area (Å²) in [5, 5.41) is 0. The Labute approximate surface area is 123 Å². The van der Waals surface area contributed by atoms with Crippen LogP contribution in [0.5, 0.6) is 5.75 Å². The van der Waals surface area contributed by atoms with Crippen LogP contribution in [0, 0.1) is 5.92 Å². The van der Waals surface area contributed by atoms with Crippen molar-refractivity contribution in [2.24, 2.45) is 11.7 Å². The van der Waals surface area contributed by atoms with Crippen molar-refractivity contribution in [2.75, 3.05) is 13.7 Å². The Bertz CT molecular complexity index is 433. The van der Waals surface area contributed by atoms with Gasteiger partial charge in [-0.05, 0) is 56.8 Å². The smallest absolute Gasteiger partial charge is 0.119 e. The van der Waals surface area contributed by atoms with E-state index >= 15 is 0 Å². The first-order chi connectivity index (χ1) is 9.52. The van der Waals surface area contributed by atoms with Crippen LogP contribution in [0.1, 0.15) is 45.2 Å². The summed E-state index contributed by atoms with van der Waals surface area (Å²) >= 11 is 0. The third-order valence-corrected chi connectivity index (χ3v) is 4.48. The molecule has 4 atom stereocenters. The Kier molecular flexibility index (Phi) is 5.06. The van der Waals surface area contributed by atoms with Gasteiger partial charge in [-0.2, -0.15) is 0 Å². The molecule has 0 radical (unpaired) electrons. The second-order valence-corrected chi connectivity index (χ2v) is 6.30. The van der Waals surface area contributed by atoms with Gasteiger partial charge in [0, 0.05) is 12.1 Å². The summed E-state index contributed by atoms with van der Waals surface area (Å²) < 4.78 is 5.36. The lowest BCUT2D eigenvalue weighted by atomic mass is 9.89. The predicted octanol–water partition coefficient (Wildman–Crippen LogP) is 3.20. The van der Waals surface area contributed by atoms with Crippen LogP contribution in [0.4, 0.5) is 0 Å². The molecule has 2 rings (SSSR count). The molecule has 0 spiro atoms. The molecule has 3 heteroatoms. The lowest BCUT2D eigenvalue weighted by Gasteiger charge is -2.43. The number of hydrogen-bond donors (Lipinski definition) is 1. The van der Waals surface area contributed by atoms with Crippen LogP contribution in [0.2, 0.25) is 0 Å². The second-order valence-electron chi connectivity index (χ2n) is 6.30. The zero-order chi connectivity index (χ0) is 14.7. The standard InChI is InChI=1S/C17H28N2O/c1-12-8-9-19(13(2)10-12)17(14(3)18)15-6-5-7-16(11-15)20-4/h5-7,11-14,17H,8-10,18H2,1-4H3. The Morgan fingerprint density at radius 3 is 2.70 bits per heavy atom. The molecule has 1 aliphatic rings. The number of rotatable bonds is 4. The molecule has 4 unspecified atom stereocenters. The van der Waals surface area contributed by atoms with Crippen molar-refractivity contribution < 1.29 is 4.74 Å². The normalized spacial score (nSPS) is 27.1. The van der Waals surface area contributed by atoms with E-state index < -0.39 is 0 Å². The quantitative estimate of drug-likeness (QED) is 0.917. The van der Waals surface area contributed by atoms with Crippen molar-refractivity contribution in [1.29, 1.82) is 0 Å². The maximum absolute atomic E-state index is 6.31. The minimum Gasteiger partial charge on any atom is -0.497 e. The lowest BCUT2D eigenvalue weighted by molar-refractivity contribution is 0.0707. The van der Waals surface area contributed by atoms with Gasteiger partial charge in [-0.1, -0.05) is 19.1 Å². The van der Waals surface area contributed by atoms with E-state index in [1.807, 2.05) is 6.07 Å². The molecule has 1 fully saturated rings. The SMILES string of the molecule is COc1cccc(C(C(C)N)N2CCC(C)CC2C)c1. The summed E-state index contributed by atoms with van der Waals surface area (Å²) in [6, 6.07) is 9.30. The van der Waals surface area contributed by atoms with Gasteiger partial charge in [-0.3, -0.25) is 4.90 Å². The van der Waals surface area contributed by atoms with Crippen LogP contribution < -0.4 is 10.5 Å². The number of nitrogens with zero attached hydrogens (tertiary/aromatic N) is 1. The van der Waals surface area contributed by atoms with E-state index in [4.69, 9.17) is 10.5 Å². The number of ether oxygens (including phenoxy) is 1. The number of piperidine rings is 1. The Hall–Kier alpha value is -1.06. The summed E-state index contributed by atoms with van der Waals surface area (Å²) in [5.41, 5.74) is 7.57. The number of nitrogens with two attached hydrogens (primary N) is 1. The molecule has 0 aromatic heterocycles. The highest BCUT2D eigenvalue weighted by molar-refractivity contribution is 5.31. The van der Waals surface area contributed by atoms with Gasteiger partial charge in [-0.15, -0.1) is 0 Å². The minimum atomic E-state index is 0.109. The summed E-state index contributed by atoms with van der Waals surface area (Å²) in [6.07, 6.45) is 2.52. The van der Waals surface area contributed by atoms with Gasteiger partial charge in [0.25, 0.3) is 0 Å². The van der Waals surface area contributed by atoms with Crippen molar-refractivity contribution in [3.05, 3.63) is 29.8 Å². The zero-order valence-corrected chi connectivity index (χ0v) is 13.2. The van der Waals surface area contributed by atoms with E-state index in [0.717, 1.165) is 18.2 Å². The molecule has 20 heavy (non-hydrogen) atoms. The predicted molar refractivity (Wildman–Crippen MR) is 84.0 cm³/mol. The lowest BCUT2D eigenvalue weighted by Crippen LogP contribution is -2.47. The average molecular weight is 276 g/mol. The molecule has 0 bridgehead atoms. The first-order valence-electron chi connectivity index (χ1n) is 7.68. The molecule has 3 nitrogen and oxygen atoms in total. The van der Waals surface area contributed by atoms with Crippen LogP contribution >= 0.6 is 0 Å². The van der Waals surface area contributed by atoms with E-state index in [2.05, 4.69) is 43.9 Å². The van der Waals surface area contributed by atoms with Crippen molar-refractivity contribution in [3.8, 4) is 5.75 Å². The van der Waals surface area contributed by atoms with Crippen LogP contribution in [-0.4, -0.2) is 30.6 Å². The molecular weight excluding hydrogens is 248 g/mol. The van der Waals surface area contributed by atoms with E-state index in [9.17, 15) is 0 Å². The molecule has 0 amide bonds. The van der Waals surface area contributed by atoms with E-state index in [0.29, 0.717) is 6.04 Å². The van der Waals surface area contributed by atoms with Gasteiger partial charge in [0.1, 0.15) is 5.75 Å². The zero-order valence-electron chi connectivity index (χ0n) is 13.2. The monoisotopic (exact) mass is 276 g/mol. The molecule has 1 aliphatic heterocycles. The molecule has 0 aliphatic carbocycles. The van der Waals surface area contributed by atoms with Gasteiger partial charge >= 0.3 is 0 Å². The van der Waals surface area contributed by atoms with Gasteiger partial charge in [-0.25, -0.2) is 0 Å². The molecule has 0 saturated carbocycles. The van der Waals surface area contributed by atoms with Crippen molar-refractivity contribution >= 4 is 0 Å². The van der Waals surface area contributed by atoms with Gasteiger partial charge < -0.3 is 10.5 Å². The van der Waals surface area contributed by atoms with Crippen molar-refractivity contribution in [2.45, 2.75) is 51.7 Å². The molecule has 1 aromatic carbocycles. The first kappa shape index (κ1) is 15.3. The Morgan fingerprint density at radius 2 is 2.10 bits per heavy atom. The fourth-order valence-electron chi connectivity index (χ4n) is 3.46. The fourth-order valence-corrected chi connectivity index (χ4v) is 3.46. The summed E-state index contributed by atoms with van der Waals surface area (Å²) in [5.74, 6) is 1.73. The minimum absolute atomic E-state index is 0.109. The second kappa shape index (κ2) is 6.59. The third-order valence-electron chi connectivity index (χ3n) is 4.48. The molecule has 2 N–H and O–H groups in total. The summed E-state index contributed by atoms with van der Waals surface area (Å²) in [7, 11) is 1.71. The highest BCUT2D eigenvalue weighted by Crippen LogP contribution is 2.33. The molecule has 1 heterocycles. The highest BCUT2D eigenvalue weighted by Gasteiger charge is 2.31. The van der Waals surface area contributed by atoms with Gasteiger partial charge in [0.05, 0.1) is 13.2 Å². The first-order valence-corrected chi connectivity index (χ1v) is 7.68. The Morgan fingerprint density at radius 1 is 1.35 bits per heavy atom. The van der Waals surface area contributed by atoms with Crippen LogP contribution in [0.25, 0.3) is 0 Å².